The quantitative estimate of drug-likeness (QED) is 0.779. The van der Waals surface area contributed by atoms with Crippen molar-refractivity contribution < 1.29 is 8.42 Å². The van der Waals surface area contributed by atoms with Crippen LogP contribution in [0.5, 0.6) is 0 Å². The van der Waals surface area contributed by atoms with Crippen molar-refractivity contribution in [2.45, 2.75) is 18.4 Å². The van der Waals surface area contributed by atoms with Crippen LogP contribution in [0.4, 0.5) is 0 Å². The van der Waals surface area contributed by atoms with Crippen molar-refractivity contribution in [1.29, 1.82) is 0 Å². The van der Waals surface area contributed by atoms with Gasteiger partial charge in [-0.1, -0.05) is 6.07 Å². The Labute approximate surface area is 126 Å². The van der Waals surface area contributed by atoms with Crippen molar-refractivity contribution in [2.24, 2.45) is 7.05 Å². The van der Waals surface area contributed by atoms with E-state index in [1.54, 1.807) is 30.1 Å². The molecule has 2 aromatic heterocycles. The number of benzene rings is 1. The van der Waals surface area contributed by atoms with Gasteiger partial charge in [-0.05, 0) is 19.1 Å². The number of sulfonamides is 1. The summed E-state index contributed by atoms with van der Waals surface area (Å²) in [6.45, 7) is 2.03. The van der Waals surface area contributed by atoms with Gasteiger partial charge in [-0.2, -0.15) is 13.8 Å². The predicted molar refractivity (Wildman–Crippen MR) is 79.4 cm³/mol. The van der Waals surface area contributed by atoms with Crippen molar-refractivity contribution in [2.75, 3.05) is 0 Å². The van der Waals surface area contributed by atoms with E-state index in [4.69, 9.17) is 0 Å². The van der Waals surface area contributed by atoms with Crippen LogP contribution < -0.4 is 4.72 Å². The summed E-state index contributed by atoms with van der Waals surface area (Å²) in [7, 11) is -1.85. The highest BCUT2D eigenvalue weighted by Crippen LogP contribution is 2.21. The SMILES string of the molecule is Cc1nn(C)cc1CNS(=O)(=O)c1cccc2nsnc12. The first-order valence-corrected chi connectivity index (χ1v) is 8.39. The van der Waals surface area contributed by atoms with Crippen LogP contribution in [0.2, 0.25) is 0 Å². The molecule has 1 N–H and O–H groups in total. The summed E-state index contributed by atoms with van der Waals surface area (Å²) < 4.78 is 37.2. The third-order valence-corrected chi connectivity index (χ3v) is 5.08. The molecule has 3 rings (SSSR count). The number of fused-ring (bicyclic) bond motifs is 1. The zero-order chi connectivity index (χ0) is 15.0. The molecule has 0 fully saturated rings. The molecule has 0 saturated heterocycles. The number of nitrogens with zero attached hydrogens (tertiary/aromatic N) is 4. The van der Waals surface area contributed by atoms with E-state index in [-0.39, 0.29) is 11.4 Å². The molecule has 0 bridgehead atoms. The Morgan fingerprint density at radius 3 is 2.86 bits per heavy atom. The highest BCUT2D eigenvalue weighted by molar-refractivity contribution is 7.89. The summed E-state index contributed by atoms with van der Waals surface area (Å²) in [5.41, 5.74) is 2.62. The fourth-order valence-electron chi connectivity index (χ4n) is 2.07. The number of hydrogen-bond donors (Lipinski definition) is 1. The molecule has 0 aliphatic heterocycles. The summed E-state index contributed by atoms with van der Waals surface area (Å²) in [5.74, 6) is 0. The Morgan fingerprint density at radius 2 is 2.14 bits per heavy atom. The third kappa shape index (κ3) is 2.67. The van der Waals surface area contributed by atoms with Gasteiger partial charge in [-0.3, -0.25) is 4.68 Å². The van der Waals surface area contributed by atoms with Gasteiger partial charge in [-0.15, -0.1) is 0 Å². The minimum absolute atomic E-state index is 0.148. The molecule has 0 atom stereocenters. The van der Waals surface area contributed by atoms with Crippen LogP contribution in [0.25, 0.3) is 11.0 Å². The zero-order valence-corrected chi connectivity index (χ0v) is 13.1. The first kappa shape index (κ1) is 14.1. The molecule has 1 aromatic carbocycles. The fourth-order valence-corrected chi connectivity index (χ4v) is 3.84. The monoisotopic (exact) mass is 323 g/mol. The Kier molecular flexibility index (Phi) is 3.47. The van der Waals surface area contributed by atoms with E-state index >= 15 is 0 Å². The molecular weight excluding hydrogens is 310 g/mol. The van der Waals surface area contributed by atoms with Gasteiger partial charge in [0.2, 0.25) is 10.0 Å². The third-order valence-electron chi connectivity index (χ3n) is 3.11. The second kappa shape index (κ2) is 5.17. The lowest BCUT2D eigenvalue weighted by Crippen LogP contribution is -2.23. The number of rotatable bonds is 4. The lowest BCUT2D eigenvalue weighted by Gasteiger charge is -2.06. The van der Waals surface area contributed by atoms with E-state index in [0.29, 0.717) is 11.0 Å². The Hall–Kier alpha value is -1.84. The predicted octanol–water partition coefficient (Wildman–Crippen LogP) is 1.21. The first-order chi connectivity index (χ1) is 9.97. The Bertz CT molecular complexity index is 897. The number of aryl methyl sites for hydroxylation is 2. The summed E-state index contributed by atoms with van der Waals surface area (Å²) in [5, 5.41) is 4.19. The standard InChI is InChI=1S/C12H13N5O2S2/c1-8-9(7-17(2)14-8)6-13-21(18,19)11-5-3-4-10-12(11)16-20-15-10/h3-5,7,13H,6H2,1-2H3. The molecule has 7 nitrogen and oxygen atoms in total. The van der Waals surface area contributed by atoms with E-state index in [1.165, 1.54) is 6.07 Å². The van der Waals surface area contributed by atoms with Crippen LogP contribution in [0.1, 0.15) is 11.3 Å². The van der Waals surface area contributed by atoms with E-state index in [1.807, 2.05) is 6.92 Å². The van der Waals surface area contributed by atoms with Gasteiger partial charge >= 0.3 is 0 Å². The van der Waals surface area contributed by atoms with Gasteiger partial charge in [0.25, 0.3) is 0 Å². The lowest BCUT2D eigenvalue weighted by molar-refractivity contribution is 0.582. The largest absolute Gasteiger partial charge is 0.275 e. The van der Waals surface area contributed by atoms with Crippen molar-refractivity contribution >= 4 is 32.8 Å². The van der Waals surface area contributed by atoms with Gasteiger partial charge in [-0.25, -0.2) is 13.1 Å². The minimum Gasteiger partial charge on any atom is -0.275 e. The molecule has 0 aliphatic carbocycles. The number of aromatic nitrogens is 4. The molecule has 21 heavy (non-hydrogen) atoms. The summed E-state index contributed by atoms with van der Waals surface area (Å²) in [6, 6.07) is 4.93. The summed E-state index contributed by atoms with van der Waals surface area (Å²) in [6.07, 6.45) is 1.79. The molecule has 2 heterocycles. The topological polar surface area (TPSA) is 89.8 Å². The van der Waals surface area contributed by atoms with Gasteiger partial charge in [0.1, 0.15) is 15.9 Å². The maximum atomic E-state index is 12.4. The van der Waals surface area contributed by atoms with Crippen molar-refractivity contribution in [3.05, 3.63) is 35.7 Å². The van der Waals surface area contributed by atoms with Crippen LogP contribution in [-0.4, -0.2) is 26.9 Å². The maximum Gasteiger partial charge on any atom is 0.243 e. The fraction of sp³-hybridized carbons (Fsp3) is 0.250. The number of nitrogens with one attached hydrogen (secondary N) is 1. The summed E-state index contributed by atoms with van der Waals surface area (Å²) >= 11 is 0.998. The van der Waals surface area contributed by atoms with Crippen LogP contribution >= 0.6 is 11.7 Å². The molecule has 0 radical (unpaired) electrons. The minimum atomic E-state index is -3.65. The molecule has 0 saturated carbocycles. The van der Waals surface area contributed by atoms with E-state index in [2.05, 4.69) is 18.6 Å². The van der Waals surface area contributed by atoms with Crippen LogP contribution in [-0.2, 0) is 23.6 Å². The zero-order valence-electron chi connectivity index (χ0n) is 11.4. The van der Waals surface area contributed by atoms with Gasteiger partial charge in [0.05, 0.1) is 17.4 Å². The highest BCUT2D eigenvalue weighted by Gasteiger charge is 2.19. The van der Waals surface area contributed by atoms with Crippen molar-refractivity contribution in [1.82, 2.24) is 23.2 Å². The molecular formula is C12H13N5O2S2. The normalized spacial score (nSPS) is 12.1. The van der Waals surface area contributed by atoms with E-state index < -0.39 is 10.0 Å². The average molecular weight is 323 g/mol. The number of hydrogen-bond acceptors (Lipinski definition) is 6. The molecule has 9 heteroatoms. The lowest BCUT2D eigenvalue weighted by atomic mass is 10.3. The second-order valence-corrected chi connectivity index (χ2v) is 6.89. The summed E-state index contributed by atoms with van der Waals surface area (Å²) in [4.78, 5) is 0.148. The second-order valence-electron chi connectivity index (χ2n) is 4.63. The molecule has 3 aromatic rings. The molecule has 0 amide bonds. The van der Waals surface area contributed by atoms with Gasteiger partial charge in [0.15, 0.2) is 0 Å². The molecule has 0 spiro atoms. The van der Waals surface area contributed by atoms with Crippen LogP contribution in [0, 0.1) is 6.92 Å². The van der Waals surface area contributed by atoms with E-state index in [9.17, 15) is 8.42 Å². The maximum absolute atomic E-state index is 12.4. The van der Waals surface area contributed by atoms with E-state index in [0.717, 1.165) is 23.0 Å². The Morgan fingerprint density at radius 1 is 1.33 bits per heavy atom. The van der Waals surface area contributed by atoms with Crippen molar-refractivity contribution in [3.8, 4) is 0 Å². The van der Waals surface area contributed by atoms with Crippen LogP contribution in [0.15, 0.2) is 29.3 Å². The molecule has 0 aliphatic rings. The van der Waals surface area contributed by atoms with Crippen molar-refractivity contribution in [3.63, 3.8) is 0 Å². The molecule has 110 valence electrons. The smallest absolute Gasteiger partial charge is 0.243 e. The first-order valence-electron chi connectivity index (χ1n) is 6.17. The van der Waals surface area contributed by atoms with Crippen LogP contribution in [0.3, 0.4) is 0 Å². The molecule has 0 unspecified atom stereocenters. The highest BCUT2D eigenvalue weighted by atomic mass is 32.2. The van der Waals surface area contributed by atoms with Gasteiger partial charge in [0, 0.05) is 25.4 Å². The van der Waals surface area contributed by atoms with Gasteiger partial charge < -0.3 is 0 Å². The average Bonchev–Trinajstić information content (AvgIpc) is 3.02. The Balaban J connectivity index is 1.90.